The van der Waals surface area contributed by atoms with Gasteiger partial charge in [-0.15, -0.1) is 0 Å². The van der Waals surface area contributed by atoms with Gasteiger partial charge in [0, 0.05) is 23.0 Å². The summed E-state index contributed by atoms with van der Waals surface area (Å²) in [5.41, 5.74) is 4.98. The summed E-state index contributed by atoms with van der Waals surface area (Å²) in [6.45, 7) is 2.17. The van der Waals surface area contributed by atoms with Crippen LogP contribution in [0.4, 0.5) is 0 Å². The van der Waals surface area contributed by atoms with E-state index in [1.165, 1.54) is 27.7 Å². The lowest BCUT2D eigenvalue weighted by molar-refractivity contribution is 0.974. The molecule has 1 aromatic heterocycles. The largest absolute Gasteiger partial charge is 0.343 e. The van der Waals surface area contributed by atoms with Crippen molar-refractivity contribution in [3.8, 4) is 11.3 Å². The molecule has 0 aliphatic heterocycles. The lowest BCUT2D eigenvalue weighted by atomic mass is 10.1. The van der Waals surface area contributed by atoms with Crippen LogP contribution in [-0.4, -0.2) is 4.57 Å². The van der Waals surface area contributed by atoms with Crippen molar-refractivity contribution < 1.29 is 0 Å². The van der Waals surface area contributed by atoms with E-state index in [1.54, 1.807) is 0 Å². The van der Waals surface area contributed by atoms with Crippen LogP contribution in [0.15, 0.2) is 48.5 Å². The van der Waals surface area contributed by atoms with Crippen molar-refractivity contribution in [2.45, 2.75) is 6.92 Å². The van der Waals surface area contributed by atoms with Gasteiger partial charge in [-0.25, -0.2) is 0 Å². The van der Waals surface area contributed by atoms with Gasteiger partial charge in [0.25, 0.3) is 0 Å². The maximum atomic E-state index is 6.08. The van der Waals surface area contributed by atoms with E-state index in [1.807, 2.05) is 18.2 Å². The molecule has 0 saturated carbocycles. The van der Waals surface area contributed by atoms with Gasteiger partial charge in [0.2, 0.25) is 0 Å². The molecule has 0 N–H and O–H groups in total. The Kier molecular flexibility index (Phi) is 2.64. The number of fused-ring (bicyclic) bond motifs is 1. The van der Waals surface area contributed by atoms with Crippen LogP contribution in [0.3, 0.4) is 0 Å². The molecule has 0 unspecified atom stereocenters. The summed E-state index contributed by atoms with van der Waals surface area (Å²) in [6.07, 6.45) is 0. The fourth-order valence-corrected chi connectivity index (χ4v) is 2.77. The van der Waals surface area contributed by atoms with E-state index >= 15 is 0 Å². The summed E-state index contributed by atoms with van der Waals surface area (Å²) in [6, 6.07) is 16.5. The van der Waals surface area contributed by atoms with Crippen LogP contribution in [0, 0.1) is 6.92 Å². The van der Waals surface area contributed by atoms with E-state index in [0.717, 1.165) is 5.02 Å². The Labute approximate surface area is 112 Å². The van der Waals surface area contributed by atoms with E-state index in [2.05, 4.69) is 48.9 Å². The van der Waals surface area contributed by atoms with Gasteiger partial charge in [-0.3, -0.25) is 0 Å². The first kappa shape index (κ1) is 11.4. The van der Waals surface area contributed by atoms with Gasteiger partial charge in [-0.2, -0.15) is 0 Å². The Hall–Kier alpha value is -1.73. The number of halogens is 1. The SMILES string of the molecule is Cc1c(-c2ccccc2)n(C)c2cc(Cl)ccc12. The summed E-state index contributed by atoms with van der Waals surface area (Å²) in [7, 11) is 2.09. The molecule has 3 aromatic rings. The number of hydrogen-bond acceptors (Lipinski definition) is 0. The van der Waals surface area contributed by atoms with Gasteiger partial charge in [0.1, 0.15) is 0 Å². The third-order valence-electron chi connectivity index (χ3n) is 3.46. The second kappa shape index (κ2) is 4.18. The lowest BCUT2D eigenvalue weighted by Gasteiger charge is -2.05. The Bertz CT molecular complexity index is 711. The quantitative estimate of drug-likeness (QED) is 0.588. The highest BCUT2D eigenvalue weighted by Gasteiger charge is 2.13. The van der Waals surface area contributed by atoms with E-state index in [4.69, 9.17) is 11.6 Å². The summed E-state index contributed by atoms with van der Waals surface area (Å²) in [4.78, 5) is 0. The van der Waals surface area contributed by atoms with E-state index < -0.39 is 0 Å². The molecule has 3 rings (SSSR count). The highest BCUT2D eigenvalue weighted by atomic mass is 35.5. The van der Waals surface area contributed by atoms with Gasteiger partial charge in [-0.05, 0) is 30.2 Å². The molecular formula is C16H14ClN. The monoisotopic (exact) mass is 255 g/mol. The van der Waals surface area contributed by atoms with E-state index in [0.29, 0.717) is 0 Å². The molecule has 0 aliphatic rings. The highest BCUT2D eigenvalue weighted by molar-refractivity contribution is 6.31. The zero-order valence-corrected chi connectivity index (χ0v) is 11.2. The minimum atomic E-state index is 0.780. The maximum Gasteiger partial charge on any atom is 0.0518 e. The number of nitrogens with zero attached hydrogens (tertiary/aromatic N) is 1. The molecule has 0 radical (unpaired) electrons. The topological polar surface area (TPSA) is 4.93 Å². The molecule has 0 amide bonds. The number of aryl methyl sites for hydroxylation is 2. The first-order valence-corrected chi connectivity index (χ1v) is 6.36. The molecule has 0 bridgehead atoms. The van der Waals surface area contributed by atoms with Crippen LogP contribution >= 0.6 is 11.6 Å². The molecule has 0 fully saturated rings. The zero-order valence-electron chi connectivity index (χ0n) is 10.4. The van der Waals surface area contributed by atoms with Crippen molar-refractivity contribution in [2.75, 3.05) is 0 Å². The molecule has 0 spiro atoms. The third kappa shape index (κ3) is 1.63. The van der Waals surface area contributed by atoms with Gasteiger partial charge >= 0.3 is 0 Å². The molecule has 0 aliphatic carbocycles. The van der Waals surface area contributed by atoms with Crippen LogP contribution in [0.25, 0.3) is 22.2 Å². The molecule has 2 heteroatoms. The number of hydrogen-bond donors (Lipinski definition) is 0. The Morgan fingerprint density at radius 3 is 2.44 bits per heavy atom. The second-order valence-electron chi connectivity index (χ2n) is 4.56. The molecule has 1 heterocycles. The second-order valence-corrected chi connectivity index (χ2v) is 5.00. The number of benzene rings is 2. The number of aromatic nitrogens is 1. The Balaban J connectivity index is 2.37. The molecule has 0 saturated heterocycles. The molecular weight excluding hydrogens is 242 g/mol. The van der Waals surface area contributed by atoms with E-state index in [9.17, 15) is 0 Å². The zero-order chi connectivity index (χ0) is 12.7. The van der Waals surface area contributed by atoms with Crippen molar-refractivity contribution in [1.82, 2.24) is 4.57 Å². The van der Waals surface area contributed by atoms with Gasteiger partial charge < -0.3 is 4.57 Å². The smallest absolute Gasteiger partial charge is 0.0518 e. The standard InChI is InChI=1S/C16H14ClN/c1-11-14-9-8-13(17)10-15(14)18(2)16(11)12-6-4-3-5-7-12/h3-10H,1-2H3. The fraction of sp³-hybridized carbons (Fsp3) is 0.125. The average Bonchev–Trinajstić information content (AvgIpc) is 2.63. The van der Waals surface area contributed by atoms with Crippen LogP contribution in [-0.2, 0) is 7.05 Å². The number of rotatable bonds is 1. The normalized spacial score (nSPS) is 11.1. The first-order valence-electron chi connectivity index (χ1n) is 5.98. The minimum Gasteiger partial charge on any atom is -0.343 e. The molecule has 90 valence electrons. The fourth-order valence-electron chi connectivity index (χ4n) is 2.61. The predicted molar refractivity (Wildman–Crippen MR) is 78.1 cm³/mol. The van der Waals surface area contributed by atoms with Crippen LogP contribution in [0.1, 0.15) is 5.56 Å². The Morgan fingerprint density at radius 2 is 1.72 bits per heavy atom. The van der Waals surface area contributed by atoms with Gasteiger partial charge in [0.05, 0.1) is 5.69 Å². The maximum absolute atomic E-state index is 6.08. The predicted octanol–water partition coefficient (Wildman–Crippen LogP) is 4.81. The van der Waals surface area contributed by atoms with Crippen LogP contribution < -0.4 is 0 Å². The van der Waals surface area contributed by atoms with Crippen molar-refractivity contribution in [3.05, 3.63) is 59.1 Å². The summed E-state index contributed by atoms with van der Waals surface area (Å²) in [5, 5.41) is 2.04. The molecule has 0 atom stereocenters. The summed E-state index contributed by atoms with van der Waals surface area (Å²) < 4.78 is 2.21. The van der Waals surface area contributed by atoms with Crippen molar-refractivity contribution in [1.29, 1.82) is 0 Å². The van der Waals surface area contributed by atoms with Crippen molar-refractivity contribution in [2.24, 2.45) is 7.05 Å². The van der Waals surface area contributed by atoms with Gasteiger partial charge in [0.15, 0.2) is 0 Å². The highest BCUT2D eigenvalue weighted by Crippen LogP contribution is 2.33. The molecule has 18 heavy (non-hydrogen) atoms. The first-order chi connectivity index (χ1) is 8.68. The van der Waals surface area contributed by atoms with Crippen LogP contribution in [0.2, 0.25) is 5.02 Å². The molecule has 1 nitrogen and oxygen atoms in total. The third-order valence-corrected chi connectivity index (χ3v) is 3.70. The van der Waals surface area contributed by atoms with Crippen molar-refractivity contribution in [3.63, 3.8) is 0 Å². The van der Waals surface area contributed by atoms with Gasteiger partial charge in [-0.1, -0.05) is 48.0 Å². The average molecular weight is 256 g/mol. The molecule has 2 aromatic carbocycles. The lowest BCUT2D eigenvalue weighted by Crippen LogP contribution is -1.91. The Morgan fingerprint density at radius 1 is 1.00 bits per heavy atom. The summed E-state index contributed by atoms with van der Waals surface area (Å²) in [5.74, 6) is 0. The summed E-state index contributed by atoms with van der Waals surface area (Å²) >= 11 is 6.08. The van der Waals surface area contributed by atoms with Crippen LogP contribution in [0.5, 0.6) is 0 Å². The van der Waals surface area contributed by atoms with E-state index in [-0.39, 0.29) is 0 Å². The minimum absolute atomic E-state index is 0.780. The van der Waals surface area contributed by atoms with Crippen molar-refractivity contribution >= 4 is 22.5 Å².